The summed E-state index contributed by atoms with van der Waals surface area (Å²) in [4.78, 5) is 47.0. The lowest BCUT2D eigenvalue weighted by Gasteiger charge is -2.44. The number of thioether (sulfide) groups is 1. The molecule has 0 saturated carbocycles. The number of aliphatic carboxylic acids is 1. The fraction of sp³-hybridized carbons (Fsp3) is 0.692. The highest BCUT2D eigenvalue weighted by Gasteiger charge is 2.41. The Morgan fingerprint density at radius 1 is 1.48 bits per heavy atom. The minimum Gasteiger partial charge on any atom is -0.480 e. The molecule has 0 unspecified atom stereocenters. The average Bonchev–Trinajstić information content (AvgIpc) is 2.44. The molecule has 3 amide bonds. The number of carbonyl (C=O) groups is 4. The van der Waals surface area contributed by atoms with E-state index in [9.17, 15) is 19.2 Å². The number of hydrogen-bond acceptors (Lipinski definition) is 6. The first-order valence-corrected chi connectivity index (χ1v) is 8.00. The van der Waals surface area contributed by atoms with Gasteiger partial charge in [0.2, 0.25) is 5.91 Å². The van der Waals surface area contributed by atoms with Gasteiger partial charge in [-0.1, -0.05) is 0 Å². The van der Waals surface area contributed by atoms with E-state index in [1.54, 1.807) is 0 Å². The van der Waals surface area contributed by atoms with Gasteiger partial charge in [-0.3, -0.25) is 14.4 Å². The number of ketones is 1. The molecule has 130 valence electrons. The van der Waals surface area contributed by atoms with Gasteiger partial charge in [-0.25, -0.2) is 4.79 Å². The third-order valence-electron chi connectivity index (χ3n) is 3.30. The molecule has 0 aromatic carbocycles. The standard InChI is InChI=1S/C13H22N4O5S/c1-7(18)5-17-10(19)9(6-23-13(17,2)3)16-12(22)15-4-8(14)11(20)21/h8-9H,4-6,14H2,1-3H3,(H,20,21)(H2,15,16,22)/t8-,9-/m0/s1. The minimum atomic E-state index is -1.23. The summed E-state index contributed by atoms with van der Waals surface area (Å²) in [7, 11) is 0. The average molecular weight is 346 g/mol. The molecule has 1 aliphatic heterocycles. The smallest absolute Gasteiger partial charge is 0.322 e. The van der Waals surface area contributed by atoms with Crippen LogP contribution < -0.4 is 16.4 Å². The molecule has 2 atom stereocenters. The van der Waals surface area contributed by atoms with Crippen molar-refractivity contribution >= 4 is 35.5 Å². The van der Waals surface area contributed by atoms with E-state index in [0.29, 0.717) is 5.75 Å². The monoisotopic (exact) mass is 346 g/mol. The number of nitrogens with zero attached hydrogens (tertiary/aromatic N) is 1. The fourth-order valence-electron chi connectivity index (χ4n) is 1.98. The lowest BCUT2D eigenvalue weighted by Crippen LogP contribution is -2.62. The van der Waals surface area contributed by atoms with Crippen LogP contribution in [-0.4, -0.2) is 69.5 Å². The topological polar surface area (TPSA) is 142 Å². The van der Waals surface area contributed by atoms with Crippen molar-refractivity contribution in [2.24, 2.45) is 5.73 Å². The van der Waals surface area contributed by atoms with E-state index in [1.807, 2.05) is 13.8 Å². The second-order valence-electron chi connectivity index (χ2n) is 5.74. The van der Waals surface area contributed by atoms with Crippen LogP contribution in [0.5, 0.6) is 0 Å². The number of carbonyl (C=O) groups excluding carboxylic acids is 3. The summed E-state index contributed by atoms with van der Waals surface area (Å²) in [5.74, 6) is -1.37. The number of urea groups is 1. The van der Waals surface area contributed by atoms with Crippen molar-refractivity contribution in [3.05, 3.63) is 0 Å². The first-order valence-electron chi connectivity index (χ1n) is 7.02. The highest BCUT2D eigenvalue weighted by atomic mass is 32.2. The van der Waals surface area contributed by atoms with Crippen LogP contribution in [0.4, 0.5) is 4.79 Å². The Morgan fingerprint density at radius 3 is 2.61 bits per heavy atom. The summed E-state index contributed by atoms with van der Waals surface area (Å²) >= 11 is 1.45. The Morgan fingerprint density at radius 2 is 2.09 bits per heavy atom. The van der Waals surface area contributed by atoms with Crippen LogP contribution in [0.25, 0.3) is 0 Å². The maximum Gasteiger partial charge on any atom is 0.322 e. The van der Waals surface area contributed by atoms with Crippen LogP contribution >= 0.6 is 11.8 Å². The predicted octanol–water partition coefficient (Wildman–Crippen LogP) is -1.03. The highest BCUT2D eigenvalue weighted by Crippen LogP contribution is 2.34. The summed E-state index contributed by atoms with van der Waals surface area (Å²) in [6.07, 6.45) is 0. The molecule has 1 aliphatic rings. The molecule has 0 spiro atoms. The molecule has 0 aromatic heterocycles. The molecular weight excluding hydrogens is 324 g/mol. The summed E-state index contributed by atoms with van der Waals surface area (Å²) in [5, 5.41) is 13.4. The molecule has 1 fully saturated rings. The number of nitrogens with one attached hydrogen (secondary N) is 2. The fourth-order valence-corrected chi connectivity index (χ4v) is 3.09. The van der Waals surface area contributed by atoms with Crippen molar-refractivity contribution in [1.82, 2.24) is 15.5 Å². The van der Waals surface area contributed by atoms with Gasteiger partial charge < -0.3 is 26.4 Å². The van der Waals surface area contributed by atoms with Crippen molar-refractivity contribution in [3.63, 3.8) is 0 Å². The van der Waals surface area contributed by atoms with E-state index < -0.39 is 29.0 Å². The van der Waals surface area contributed by atoms with Gasteiger partial charge in [0.05, 0.1) is 11.4 Å². The van der Waals surface area contributed by atoms with Gasteiger partial charge in [0.1, 0.15) is 17.9 Å². The zero-order chi connectivity index (χ0) is 17.8. The minimum absolute atomic E-state index is 0.0253. The Hall–Kier alpha value is -1.81. The lowest BCUT2D eigenvalue weighted by atomic mass is 10.2. The molecular formula is C13H22N4O5S. The number of amides is 3. The Balaban J connectivity index is 2.63. The first-order chi connectivity index (χ1) is 10.5. The van der Waals surface area contributed by atoms with Crippen molar-refractivity contribution in [3.8, 4) is 0 Å². The molecule has 0 aliphatic carbocycles. The van der Waals surface area contributed by atoms with Crippen LogP contribution in [-0.2, 0) is 14.4 Å². The second-order valence-corrected chi connectivity index (χ2v) is 7.36. The lowest BCUT2D eigenvalue weighted by molar-refractivity contribution is -0.139. The first kappa shape index (κ1) is 19.2. The van der Waals surface area contributed by atoms with Gasteiger partial charge in [-0.05, 0) is 20.8 Å². The summed E-state index contributed by atoms with van der Waals surface area (Å²) in [5.41, 5.74) is 5.28. The van der Waals surface area contributed by atoms with Gasteiger partial charge in [0.25, 0.3) is 0 Å². The van der Waals surface area contributed by atoms with E-state index in [0.717, 1.165) is 0 Å². The van der Waals surface area contributed by atoms with Crippen molar-refractivity contribution in [2.75, 3.05) is 18.8 Å². The van der Waals surface area contributed by atoms with Crippen LogP contribution in [0.1, 0.15) is 20.8 Å². The largest absolute Gasteiger partial charge is 0.480 e. The van der Waals surface area contributed by atoms with Crippen LogP contribution in [0.15, 0.2) is 0 Å². The van der Waals surface area contributed by atoms with Gasteiger partial charge >= 0.3 is 12.0 Å². The zero-order valence-electron chi connectivity index (χ0n) is 13.3. The Bertz CT molecular complexity index is 511. The SMILES string of the molecule is CC(=O)CN1C(=O)[C@@H](NC(=O)NC[C@H](N)C(=O)O)CSC1(C)C. The maximum absolute atomic E-state index is 12.5. The number of carboxylic acid groups (broad SMARTS) is 1. The summed E-state index contributed by atoms with van der Waals surface area (Å²) in [6.45, 7) is 4.78. The molecule has 1 heterocycles. The molecule has 1 saturated heterocycles. The quantitative estimate of drug-likeness (QED) is 0.481. The molecule has 9 nitrogen and oxygen atoms in total. The molecule has 23 heavy (non-hydrogen) atoms. The van der Waals surface area contributed by atoms with Gasteiger partial charge in [-0.15, -0.1) is 11.8 Å². The van der Waals surface area contributed by atoms with E-state index in [4.69, 9.17) is 10.8 Å². The third-order valence-corrected chi connectivity index (χ3v) is 4.73. The number of Topliss-reactive ketones (excluding diaryl/α,β-unsaturated/α-hetero) is 1. The summed E-state index contributed by atoms with van der Waals surface area (Å²) < 4.78 is 0. The van der Waals surface area contributed by atoms with Crippen LogP contribution in [0.2, 0.25) is 0 Å². The number of nitrogens with two attached hydrogens (primary N) is 1. The van der Waals surface area contributed by atoms with Crippen molar-refractivity contribution in [1.29, 1.82) is 0 Å². The normalized spacial score (nSPS) is 21.5. The predicted molar refractivity (Wildman–Crippen MR) is 84.9 cm³/mol. The highest BCUT2D eigenvalue weighted by molar-refractivity contribution is 8.00. The van der Waals surface area contributed by atoms with Crippen molar-refractivity contribution in [2.45, 2.75) is 37.7 Å². The molecule has 0 aromatic rings. The van der Waals surface area contributed by atoms with Gasteiger partial charge in [0, 0.05) is 12.3 Å². The molecule has 10 heteroatoms. The zero-order valence-corrected chi connectivity index (χ0v) is 14.1. The Kier molecular flexibility index (Phi) is 6.39. The van der Waals surface area contributed by atoms with Crippen LogP contribution in [0.3, 0.4) is 0 Å². The molecule has 1 rings (SSSR count). The molecule has 0 bridgehead atoms. The van der Waals surface area contributed by atoms with E-state index in [1.165, 1.54) is 23.6 Å². The number of hydrogen-bond donors (Lipinski definition) is 4. The van der Waals surface area contributed by atoms with Gasteiger partial charge in [0.15, 0.2) is 0 Å². The maximum atomic E-state index is 12.5. The van der Waals surface area contributed by atoms with Gasteiger partial charge in [-0.2, -0.15) is 0 Å². The molecule has 5 N–H and O–H groups in total. The molecule has 0 radical (unpaired) electrons. The second kappa shape index (κ2) is 7.64. The van der Waals surface area contributed by atoms with E-state index >= 15 is 0 Å². The van der Waals surface area contributed by atoms with E-state index in [-0.39, 0.29) is 24.8 Å². The van der Waals surface area contributed by atoms with Crippen LogP contribution in [0, 0.1) is 0 Å². The van der Waals surface area contributed by atoms with Crippen molar-refractivity contribution < 1.29 is 24.3 Å². The Labute approximate surface area is 138 Å². The number of carboxylic acids is 1. The third kappa shape index (κ3) is 5.39. The summed E-state index contributed by atoms with van der Waals surface area (Å²) in [6, 6.07) is -2.68. The van der Waals surface area contributed by atoms with E-state index in [2.05, 4.69) is 10.6 Å². The number of rotatable bonds is 6.